The summed E-state index contributed by atoms with van der Waals surface area (Å²) in [7, 11) is 0. The van der Waals surface area contributed by atoms with Crippen LogP contribution in [0.4, 0.5) is 0 Å². The molecule has 2 N–H and O–H groups in total. The third-order valence-electron chi connectivity index (χ3n) is 4.22. The highest BCUT2D eigenvalue weighted by atomic mass is 35.5. The lowest BCUT2D eigenvalue weighted by Crippen LogP contribution is -2.46. The van der Waals surface area contributed by atoms with E-state index in [1.165, 1.54) is 0 Å². The van der Waals surface area contributed by atoms with Gasteiger partial charge in [-0.1, -0.05) is 23.7 Å². The van der Waals surface area contributed by atoms with E-state index in [1.807, 2.05) is 24.3 Å². The number of benzene rings is 1. The zero-order chi connectivity index (χ0) is 14.2. The fourth-order valence-electron chi connectivity index (χ4n) is 2.71. The van der Waals surface area contributed by atoms with Crippen molar-refractivity contribution in [3.63, 3.8) is 0 Å². The summed E-state index contributed by atoms with van der Waals surface area (Å²) >= 11 is 7.75. The number of carbonyl (C=O) groups is 1. The van der Waals surface area contributed by atoms with Gasteiger partial charge < -0.3 is 10.4 Å². The number of halogens is 1. The Labute approximate surface area is 128 Å². The van der Waals surface area contributed by atoms with Crippen LogP contribution in [0.5, 0.6) is 0 Å². The molecule has 1 aromatic carbocycles. The lowest BCUT2D eigenvalue weighted by molar-refractivity contribution is -0.124. The maximum absolute atomic E-state index is 12.5. The van der Waals surface area contributed by atoms with Gasteiger partial charge in [0.15, 0.2) is 0 Å². The predicted octanol–water partition coefficient (Wildman–Crippen LogP) is 2.36. The van der Waals surface area contributed by atoms with E-state index < -0.39 is 11.0 Å². The van der Waals surface area contributed by atoms with Gasteiger partial charge in [-0.25, -0.2) is 0 Å². The third kappa shape index (κ3) is 2.69. The number of carbonyl (C=O) groups excluding carboxylic acids is 1. The first-order valence-electron chi connectivity index (χ1n) is 6.89. The average Bonchev–Trinajstić information content (AvgIpc) is 3.14. The Morgan fingerprint density at radius 3 is 2.80 bits per heavy atom. The molecule has 2 aliphatic rings. The minimum Gasteiger partial charge on any atom is -0.387 e. The first-order chi connectivity index (χ1) is 9.54. The van der Waals surface area contributed by atoms with Crippen molar-refractivity contribution in [2.45, 2.75) is 30.3 Å². The molecule has 1 aliphatic carbocycles. The standard InChI is InChI=1S/C15H18ClNO2S/c16-12-3-1-2-11(8-12)15(4-5-15)13(18)17-9-14(19)6-7-20-10-14/h1-3,8,19H,4-7,9-10H2,(H,17,18). The zero-order valence-corrected chi connectivity index (χ0v) is 12.8. The Bertz CT molecular complexity index is 524. The van der Waals surface area contributed by atoms with Gasteiger partial charge in [0.1, 0.15) is 0 Å². The van der Waals surface area contributed by atoms with Gasteiger partial charge in [0, 0.05) is 17.3 Å². The molecule has 5 heteroatoms. The summed E-state index contributed by atoms with van der Waals surface area (Å²) in [4.78, 5) is 12.5. The number of hydrogen-bond donors (Lipinski definition) is 2. The van der Waals surface area contributed by atoms with Gasteiger partial charge in [-0.15, -0.1) is 0 Å². The Morgan fingerprint density at radius 2 is 2.20 bits per heavy atom. The number of amides is 1. The molecule has 3 nitrogen and oxygen atoms in total. The highest BCUT2D eigenvalue weighted by Gasteiger charge is 2.51. The number of hydrogen-bond acceptors (Lipinski definition) is 3. The van der Waals surface area contributed by atoms with Crippen LogP contribution in [0.2, 0.25) is 5.02 Å². The van der Waals surface area contributed by atoms with Crippen molar-refractivity contribution < 1.29 is 9.90 Å². The minimum atomic E-state index is -0.731. The largest absolute Gasteiger partial charge is 0.387 e. The summed E-state index contributed by atoms with van der Waals surface area (Å²) in [5.41, 5.74) is -0.173. The minimum absolute atomic E-state index is 0.0186. The van der Waals surface area contributed by atoms with Crippen LogP contribution < -0.4 is 5.32 Å². The topological polar surface area (TPSA) is 49.3 Å². The molecule has 1 saturated carbocycles. The van der Waals surface area contributed by atoms with Gasteiger partial charge in [-0.3, -0.25) is 4.79 Å². The fourth-order valence-corrected chi connectivity index (χ4v) is 4.19. The molecule has 1 aromatic rings. The van der Waals surface area contributed by atoms with E-state index >= 15 is 0 Å². The van der Waals surface area contributed by atoms with E-state index in [0.717, 1.165) is 30.6 Å². The van der Waals surface area contributed by atoms with Crippen LogP contribution in [-0.2, 0) is 10.2 Å². The van der Waals surface area contributed by atoms with Crippen LogP contribution in [0.25, 0.3) is 0 Å². The van der Waals surface area contributed by atoms with Gasteiger partial charge in [0.2, 0.25) is 5.91 Å². The van der Waals surface area contributed by atoms with Crippen LogP contribution in [0.15, 0.2) is 24.3 Å². The van der Waals surface area contributed by atoms with E-state index in [-0.39, 0.29) is 5.91 Å². The molecule has 20 heavy (non-hydrogen) atoms. The van der Waals surface area contributed by atoms with Crippen molar-refractivity contribution >= 4 is 29.3 Å². The van der Waals surface area contributed by atoms with Crippen molar-refractivity contribution in [2.75, 3.05) is 18.1 Å². The maximum Gasteiger partial charge on any atom is 0.230 e. The van der Waals surface area contributed by atoms with E-state index in [2.05, 4.69) is 5.32 Å². The highest BCUT2D eigenvalue weighted by Crippen LogP contribution is 2.48. The van der Waals surface area contributed by atoms with Crippen molar-refractivity contribution in [2.24, 2.45) is 0 Å². The van der Waals surface area contributed by atoms with Crippen LogP contribution in [0, 0.1) is 0 Å². The molecule has 0 radical (unpaired) electrons. The molecule has 1 heterocycles. The molecule has 0 aromatic heterocycles. The fraction of sp³-hybridized carbons (Fsp3) is 0.533. The Hall–Kier alpha value is -0.710. The molecular formula is C15H18ClNO2S. The van der Waals surface area contributed by atoms with Gasteiger partial charge >= 0.3 is 0 Å². The monoisotopic (exact) mass is 311 g/mol. The summed E-state index contributed by atoms with van der Waals surface area (Å²) in [5, 5.41) is 13.9. The van der Waals surface area contributed by atoms with E-state index in [1.54, 1.807) is 11.8 Å². The van der Waals surface area contributed by atoms with E-state index in [4.69, 9.17) is 11.6 Å². The first-order valence-corrected chi connectivity index (χ1v) is 8.42. The SMILES string of the molecule is O=C(NCC1(O)CCSC1)C1(c2cccc(Cl)c2)CC1. The number of thioether (sulfide) groups is 1. The lowest BCUT2D eigenvalue weighted by atomic mass is 9.94. The van der Waals surface area contributed by atoms with Crippen molar-refractivity contribution in [1.82, 2.24) is 5.32 Å². The van der Waals surface area contributed by atoms with Crippen molar-refractivity contribution in [3.8, 4) is 0 Å². The third-order valence-corrected chi connectivity index (χ3v) is 5.69. The summed E-state index contributed by atoms with van der Waals surface area (Å²) in [6.07, 6.45) is 2.46. The predicted molar refractivity (Wildman–Crippen MR) is 82.3 cm³/mol. The van der Waals surface area contributed by atoms with Crippen LogP contribution >= 0.6 is 23.4 Å². The van der Waals surface area contributed by atoms with E-state index in [9.17, 15) is 9.90 Å². The van der Waals surface area contributed by atoms with Crippen LogP contribution in [0.1, 0.15) is 24.8 Å². The highest BCUT2D eigenvalue weighted by molar-refractivity contribution is 7.99. The van der Waals surface area contributed by atoms with Gasteiger partial charge in [-0.05, 0) is 42.7 Å². The van der Waals surface area contributed by atoms with E-state index in [0.29, 0.717) is 17.3 Å². The average molecular weight is 312 g/mol. The Balaban J connectivity index is 1.67. The molecule has 0 spiro atoms. The summed E-state index contributed by atoms with van der Waals surface area (Å²) in [6, 6.07) is 7.52. The van der Waals surface area contributed by atoms with Crippen LogP contribution in [0.3, 0.4) is 0 Å². The maximum atomic E-state index is 12.5. The van der Waals surface area contributed by atoms with Gasteiger partial charge in [0.25, 0.3) is 0 Å². The molecule has 1 unspecified atom stereocenters. The zero-order valence-electron chi connectivity index (χ0n) is 11.2. The van der Waals surface area contributed by atoms with Crippen LogP contribution in [-0.4, -0.2) is 34.7 Å². The molecule has 1 aliphatic heterocycles. The summed E-state index contributed by atoms with van der Waals surface area (Å²) < 4.78 is 0. The molecule has 1 atom stereocenters. The second-order valence-corrected chi connectivity index (χ2v) is 7.34. The normalized spacial score (nSPS) is 27.3. The Morgan fingerprint density at radius 1 is 1.40 bits per heavy atom. The smallest absolute Gasteiger partial charge is 0.230 e. The summed E-state index contributed by atoms with van der Waals surface area (Å²) in [5.74, 6) is 1.69. The number of aliphatic hydroxyl groups is 1. The first kappa shape index (κ1) is 14.2. The molecular weight excluding hydrogens is 294 g/mol. The van der Waals surface area contributed by atoms with Crippen molar-refractivity contribution in [1.29, 1.82) is 0 Å². The molecule has 1 amide bonds. The molecule has 1 saturated heterocycles. The van der Waals surface area contributed by atoms with Crippen molar-refractivity contribution in [3.05, 3.63) is 34.9 Å². The quantitative estimate of drug-likeness (QED) is 0.897. The van der Waals surface area contributed by atoms with Gasteiger partial charge in [-0.2, -0.15) is 11.8 Å². The number of nitrogens with one attached hydrogen (secondary N) is 1. The molecule has 0 bridgehead atoms. The molecule has 2 fully saturated rings. The number of rotatable bonds is 4. The molecule has 108 valence electrons. The summed E-state index contributed by atoms with van der Waals surface area (Å²) in [6.45, 7) is 0.348. The lowest BCUT2D eigenvalue weighted by Gasteiger charge is -2.24. The second kappa shape index (κ2) is 5.24. The second-order valence-electron chi connectivity index (χ2n) is 5.80. The Kier molecular flexibility index (Phi) is 3.73. The van der Waals surface area contributed by atoms with Gasteiger partial charge in [0.05, 0.1) is 11.0 Å². The molecule has 3 rings (SSSR count).